The van der Waals surface area contributed by atoms with E-state index in [9.17, 15) is 0 Å². The van der Waals surface area contributed by atoms with Gasteiger partial charge in [0.2, 0.25) is 0 Å². The lowest BCUT2D eigenvalue weighted by Gasteiger charge is -2.05. The highest BCUT2D eigenvalue weighted by molar-refractivity contribution is 4.83. The van der Waals surface area contributed by atoms with Crippen LogP contribution in [0, 0.1) is 0 Å². The molecule has 0 saturated carbocycles. The Hall–Kier alpha value is -0.790. The number of unbranched alkanes of at least 4 members (excludes halogenated alkanes) is 12. The fourth-order valence-electron chi connectivity index (χ4n) is 3.76. The lowest BCUT2D eigenvalue weighted by Crippen LogP contribution is -2.37. The largest absolute Gasteiger partial charge is 0.256 e. The molecule has 0 aliphatic carbocycles. The van der Waals surface area contributed by atoms with Gasteiger partial charge in [0, 0.05) is 6.42 Å². The fourth-order valence-corrected chi connectivity index (χ4v) is 3.76. The second kappa shape index (κ2) is 15.5. The maximum atomic E-state index is 2.53. The average molecular weight is 350 g/mol. The monoisotopic (exact) mass is 349 g/mol. The van der Waals surface area contributed by atoms with Crippen molar-refractivity contribution in [2.45, 2.75) is 130 Å². The molecule has 1 aromatic heterocycles. The highest BCUT2D eigenvalue weighted by Gasteiger charge is 2.15. The molecule has 0 unspecified atom stereocenters. The number of aryl methyl sites for hydroxylation is 2. The Morgan fingerprint density at radius 3 is 1.76 bits per heavy atom. The van der Waals surface area contributed by atoms with Crippen LogP contribution in [0.5, 0.6) is 0 Å². The number of rotatable bonds is 17. The predicted octanol–water partition coefficient (Wildman–Crippen LogP) is 6.84. The van der Waals surface area contributed by atoms with Crippen molar-refractivity contribution < 1.29 is 4.57 Å². The van der Waals surface area contributed by atoms with Crippen LogP contribution >= 0.6 is 0 Å². The van der Waals surface area contributed by atoms with Crippen LogP contribution in [0.3, 0.4) is 0 Å². The van der Waals surface area contributed by atoms with Crippen LogP contribution in [0.4, 0.5) is 0 Å². The third-order valence-corrected chi connectivity index (χ3v) is 5.44. The smallest absolute Gasteiger partial charge is 0.235 e. The lowest BCUT2D eigenvalue weighted by atomic mass is 10.1. The van der Waals surface area contributed by atoms with E-state index in [2.05, 4.69) is 42.3 Å². The Balaban J connectivity index is 2.24. The van der Waals surface area contributed by atoms with Crippen molar-refractivity contribution >= 4 is 0 Å². The number of nitrogens with zero attached hydrogens (tertiary/aromatic N) is 2. The number of imidazole rings is 1. The van der Waals surface area contributed by atoms with E-state index < -0.39 is 0 Å². The van der Waals surface area contributed by atoms with E-state index in [1.165, 1.54) is 103 Å². The van der Waals surface area contributed by atoms with Crippen LogP contribution in [-0.4, -0.2) is 4.57 Å². The Labute approximate surface area is 158 Å². The van der Waals surface area contributed by atoms with Gasteiger partial charge in [0.05, 0.1) is 13.1 Å². The van der Waals surface area contributed by atoms with E-state index >= 15 is 0 Å². The number of hydrogen-bond donors (Lipinski definition) is 0. The minimum absolute atomic E-state index is 1.11. The summed E-state index contributed by atoms with van der Waals surface area (Å²) < 4.78 is 4.99. The maximum absolute atomic E-state index is 2.53. The third kappa shape index (κ3) is 10.1. The van der Waals surface area contributed by atoms with E-state index in [-0.39, 0.29) is 0 Å². The van der Waals surface area contributed by atoms with Crippen molar-refractivity contribution in [1.29, 1.82) is 0 Å². The fraction of sp³-hybridized carbons (Fsp3) is 0.870. The highest BCUT2D eigenvalue weighted by atomic mass is 15.1. The van der Waals surface area contributed by atoms with Gasteiger partial charge in [-0.3, -0.25) is 0 Å². The van der Waals surface area contributed by atoms with Crippen LogP contribution in [0.15, 0.2) is 12.4 Å². The summed E-state index contributed by atoms with van der Waals surface area (Å²) in [5.74, 6) is 1.56. The molecule has 2 nitrogen and oxygen atoms in total. The molecule has 0 aliphatic rings. The topological polar surface area (TPSA) is 8.81 Å². The summed E-state index contributed by atoms with van der Waals surface area (Å²) in [4.78, 5) is 0. The summed E-state index contributed by atoms with van der Waals surface area (Å²) in [5.41, 5.74) is 0. The van der Waals surface area contributed by atoms with Gasteiger partial charge in [0.15, 0.2) is 0 Å². The van der Waals surface area contributed by atoms with Crippen molar-refractivity contribution in [3.8, 4) is 0 Å². The molecular weight excluding hydrogens is 304 g/mol. The van der Waals surface area contributed by atoms with Gasteiger partial charge in [0.1, 0.15) is 12.4 Å². The molecule has 0 bridgehead atoms. The van der Waals surface area contributed by atoms with E-state index in [0.29, 0.717) is 0 Å². The van der Waals surface area contributed by atoms with Crippen molar-refractivity contribution in [3.63, 3.8) is 0 Å². The quantitative estimate of drug-likeness (QED) is 0.215. The molecule has 1 heterocycles. The van der Waals surface area contributed by atoms with Crippen LogP contribution in [0.25, 0.3) is 0 Å². The minimum Gasteiger partial charge on any atom is -0.235 e. The molecule has 0 radical (unpaired) electrons. The second-order valence-electron chi connectivity index (χ2n) is 7.69. The zero-order chi connectivity index (χ0) is 18.2. The van der Waals surface area contributed by atoms with Crippen LogP contribution < -0.4 is 4.57 Å². The van der Waals surface area contributed by atoms with Gasteiger partial charge < -0.3 is 0 Å². The summed E-state index contributed by atoms with van der Waals surface area (Å²) >= 11 is 0. The summed E-state index contributed by atoms with van der Waals surface area (Å²) in [6.07, 6.45) is 25.4. The van der Waals surface area contributed by atoms with Crippen molar-refractivity contribution in [2.24, 2.45) is 0 Å². The first-order valence-electron chi connectivity index (χ1n) is 11.4. The first-order valence-corrected chi connectivity index (χ1v) is 11.4. The van der Waals surface area contributed by atoms with Gasteiger partial charge >= 0.3 is 0 Å². The molecule has 0 N–H and O–H groups in total. The molecule has 1 rings (SSSR count). The van der Waals surface area contributed by atoms with Crippen LogP contribution in [0.2, 0.25) is 0 Å². The molecule has 0 atom stereocenters. The number of aromatic nitrogens is 2. The minimum atomic E-state index is 1.11. The van der Waals surface area contributed by atoms with E-state index in [1.807, 2.05) is 0 Å². The summed E-state index contributed by atoms with van der Waals surface area (Å²) in [7, 11) is 0. The van der Waals surface area contributed by atoms with Gasteiger partial charge in [-0.25, -0.2) is 9.13 Å². The summed E-state index contributed by atoms with van der Waals surface area (Å²) in [5, 5.41) is 0. The summed E-state index contributed by atoms with van der Waals surface area (Å²) in [6.45, 7) is 9.18. The molecule has 0 fully saturated rings. The van der Waals surface area contributed by atoms with Crippen molar-refractivity contribution in [3.05, 3.63) is 18.2 Å². The van der Waals surface area contributed by atoms with Gasteiger partial charge in [-0.2, -0.15) is 0 Å². The summed E-state index contributed by atoms with van der Waals surface area (Å²) in [6, 6.07) is 0. The predicted molar refractivity (Wildman–Crippen MR) is 110 cm³/mol. The number of hydrogen-bond acceptors (Lipinski definition) is 0. The maximum Gasteiger partial charge on any atom is 0.256 e. The normalized spacial score (nSPS) is 11.3. The van der Waals surface area contributed by atoms with Gasteiger partial charge in [-0.05, 0) is 26.2 Å². The Morgan fingerprint density at radius 1 is 0.680 bits per heavy atom. The second-order valence-corrected chi connectivity index (χ2v) is 7.69. The SMILES string of the molecule is CCCCCCCCCc1n(CC)cc[n+]1CCCCCCCCC. The molecular formula is C23H45N2+. The van der Waals surface area contributed by atoms with Crippen molar-refractivity contribution in [1.82, 2.24) is 4.57 Å². The van der Waals surface area contributed by atoms with Gasteiger partial charge in [0.25, 0.3) is 5.82 Å². The van der Waals surface area contributed by atoms with Gasteiger partial charge in [-0.15, -0.1) is 0 Å². The molecule has 0 amide bonds. The molecule has 146 valence electrons. The Kier molecular flexibility index (Phi) is 13.8. The van der Waals surface area contributed by atoms with Crippen molar-refractivity contribution in [2.75, 3.05) is 0 Å². The molecule has 2 heteroatoms. The molecule has 0 saturated heterocycles. The molecule has 0 spiro atoms. The zero-order valence-corrected chi connectivity index (χ0v) is 17.6. The molecule has 0 aromatic carbocycles. The molecule has 0 aliphatic heterocycles. The lowest BCUT2D eigenvalue weighted by molar-refractivity contribution is -0.704. The first-order chi connectivity index (χ1) is 12.3. The average Bonchev–Trinajstić information content (AvgIpc) is 3.02. The Bertz CT molecular complexity index is 408. The van der Waals surface area contributed by atoms with Crippen LogP contribution in [-0.2, 0) is 19.5 Å². The van der Waals surface area contributed by atoms with E-state index in [4.69, 9.17) is 0 Å². The molecule has 1 aromatic rings. The highest BCUT2D eigenvalue weighted by Crippen LogP contribution is 2.11. The molecule has 25 heavy (non-hydrogen) atoms. The van der Waals surface area contributed by atoms with E-state index in [1.54, 1.807) is 5.82 Å². The van der Waals surface area contributed by atoms with E-state index in [0.717, 1.165) is 6.54 Å². The van der Waals surface area contributed by atoms with Gasteiger partial charge in [-0.1, -0.05) is 84.5 Å². The zero-order valence-electron chi connectivity index (χ0n) is 17.6. The Morgan fingerprint density at radius 2 is 1.20 bits per heavy atom. The third-order valence-electron chi connectivity index (χ3n) is 5.44. The van der Waals surface area contributed by atoms with Crippen LogP contribution in [0.1, 0.15) is 116 Å². The first kappa shape index (κ1) is 22.3. The standard InChI is InChI=1S/C23H45N2/c1-4-7-9-11-13-15-17-19-23-24(6-3)21-22-25(23)20-18-16-14-12-10-8-5-2/h21-22H,4-20H2,1-3H3/q+1.